The van der Waals surface area contributed by atoms with E-state index in [0.29, 0.717) is 11.9 Å². The number of rotatable bonds is 6. The van der Waals surface area contributed by atoms with Crippen LogP contribution in [0.4, 0.5) is 11.6 Å². The third kappa shape index (κ3) is 3.99. The molecule has 6 nitrogen and oxygen atoms in total. The maximum atomic E-state index is 4.89. The van der Waals surface area contributed by atoms with Crippen LogP contribution in [0.1, 0.15) is 24.9 Å². The van der Waals surface area contributed by atoms with Gasteiger partial charge in [0.25, 0.3) is 0 Å². The van der Waals surface area contributed by atoms with Crippen molar-refractivity contribution in [1.82, 2.24) is 20.3 Å². The molecule has 0 saturated carbocycles. The van der Waals surface area contributed by atoms with Crippen molar-refractivity contribution in [1.29, 1.82) is 0 Å². The van der Waals surface area contributed by atoms with Gasteiger partial charge in [-0.05, 0) is 49.0 Å². The van der Waals surface area contributed by atoms with E-state index in [-0.39, 0.29) is 6.04 Å². The van der Waals surface area contributed by atoms with Gasteiger partial charge in [-0.3, -0.25) is 0 Å². The minimum absolute atomic E-state index is 0.154. The average molecular weight is 417 g/mol. The van der Waals surface area contributed by atoms with Crippen molar-refractivity contribution in [3.8, 4) is 11.4 Å². The molecule has 1 aliphatic rings. The van der Waals surface area contributed by atoms with Crippen molar-refractivity contribution in [3.63, 3.8) is 0 Å². The van der Waals surface area contributed by atoms with Gasteiger partial charge in [0.05, 0.1) is 10.2 Å². The lowest BCUT2D eigenvalue weighted by Gasteiger charge is -2.16. The molecule has 1 fully saturated rings. The summed E-state index contributed by atoms with van der Waals surface area (Å²) in [6, 6.07) is 17.0. The van der Waals surface area contributed by atoms with E-state index in [4.69, 9.17) is 9.97 Å². The van der Waals surface area contributed by atoms with Crippen molar-refractivity contribution in [2.75, 3.05) is 23.7 Å². The molecule has 2 atom stereocenters. The molecular formula is C23H24N6S. The first-order valence-corrected chi connectivity index (χ1v) is 11.1. The fourth-order valence-corrected chi connectivity index (χ4v) is 4.54. The second-order valence-electron chi connectivity index (χ2n) is 7.57. The lowest BCUT2D eigenvalue weighted by Crippen LogP contribution is -2.22. The van der Waals surface area contributed by atoms with Gasteiger partial charge in [-0.2, -0.15) is 0 Å². The zero-order chi connectivity index (χ0) is 20.3. The van der Waals surface area contributed by atoms with Gasteiger partial charge >= 0.3 is 0 Å². The third-order valence-corrected chi connectivity index (χ3v) is 6.30. The maximum absolute atomic E-state index is 4.89. The smallest absolute Gasteiger partial charge is 0.162 e. The van der Waals surface area contributed by atoms with Crippen molar-refractivity contribution in [2.24, 2.45) is 0 Å². The van der Waals surface area contributed by atoms with E-state index in [2.05, 4.69) is 63.6 Å². The minimum atomic E-state index is 0.154. The Hall–Kier alpha value is -3.03. The molecule has 4 heterocycles. The molecule has 0 bridgehead atoms. The number of anilines is 2. The van der Waals surface area contributed by atoms with Crippen LogP contribution in [-0.2, 0) is 0 Å². The SMILES string of the molecule is C[C@H](Nc1cc(-c2nc(N[C@@H]3CCNC3)c3sccc3n2)ccn1)c1ccccc1. The van der Waals surface area contributed by atoms with E-state index in [1.54, 1.807) is 11.3 Å². The zero-order valence-corrected chi connectivity index (χ0v) is 17.6. The van der Waals surface area contributed by atoms with E-state index in [1.165, 1.54) is 5.56 Å². The topological polar surface area (TPSA) is 74.8 Å². The lowest BCUT2D eigenvalue weighted by atomic mass is 10.1. The van der Waals surface area contributed by atoms with E-state index in [1.807, 2.05) is 24.4 Å². The first-order valence-electron chi connectivity index (χ1n) is 10.3. The Bertz CT molecular complexity index is 1140. The molecule has 0 amide bonds. The number of nitrogens with one attached hydrogen (secondary N) is 3. The highest BCUT2D eigenvalue weighted by Gasteiger charge is 2.18. The highest BCUT2D eigenvalue weighted by molar-refractivity contribution is 7.17. The quantitative estimate of drug-likeness (QED) is 0.423. The summed E-state index contributed by atoms with van der Waals surface area (Å²) >= 11 is 1.68. The molecular weight excluding hydrogens is 392 g/mol. The van der Waals surface area contributed by atoms with Crippen molar-refractivity contribution in [3.05, 3.63) is 65.7 Å². The highest BCUT2D eigenvalue weighted by atomic mass is 32.1. The van der Waals surface area contributed by atoms with Crippen LogP contribution in [0.25, 0.3) is 21.6 Å². The van der Waals surface area contributed by atoms with E-state index >= 15 is 0 Å². The number of thiophene rings is 1. The van der Waals surface area contributed by atoms with E-state index < -0.39 is 0 Å². The van der Waals surface area contributed by atoms with Crippen molar-refractivity contribution >= 4 is 33.2 Å². The van der Waals surface area contributed by atoms with Crippen LogP contribution in [0.3, 0.4) is 0 Å². The van der Waals surface area contributed by atoms with Gasteiger partial charge in [0.1, 0.15) is 11.6 Å². The largest absolute Gasteiger partial charge is 0.365 e. The first-order chi connectivity index (χ1) is 14.8. The number of hydrogen-bond donors (Lipinski definition) is 3. The van der Waals surface area contributed by atoms with E-state index in [9.17, 15) is 0 Å². The maximum Gasteiger partial charge on any atom is 0.162 e. The van der Waals surface area contributed by atoms with Crippen LogP contribution in [0, 0.1) is 0 Å². The molecule has 3 N–H and O–H groups in total. The molecule has 4 aromatic rings. The summed E-state index contributed by atoms with van der Waals surface area (Å²) in [5.74, 6) is 2.45. The molecule has 0 aliphatic carbocycles. The summed E-state index contributed by atoms with van der Waals surface area (Å²) in [4.78, 5) is 14.2. The van der Waals surface area contributed by atoms with Crippen LogP contribution >= 0.6 is 11.3 Å². The summed E-state index contributed by atoms with van der Waals surface area (Å²) in [6.07, 6.45) is 2.91. The third-order valence-electron chi connectivity index (χ3n) is 5.39. The predicted molar refractivity (Wildman–Crippen MR) is 124 cm³/mol. The molecule has 3 aromatic heterocycles. The Morgan fingerprint density at radius 3 is 2.87 bits per heavy atom. The van der Waals surface area contributed by atoms with Gasteiger partial charge in [0.2, 0.25) is 0 Å². The van der Waals surface area contributed by atoms with Gasteiger partial charge in [-0.25, -0.2) is 15.0 Å². The summed E-state index contributed by atoms with van der Waals surface area (Å²) in [7, 11) is 0. The number of hydrogen-bond acceptors (Lipinski definition) is 7. The summed E-state index contributed by atoms with van der Waals surface area (Å²) in [6.45, 7) is 4.14. The Kier molecular flexibility index (Phi) is 5.29. The molecule has 0 radical (unpaired) electrons. The number of benzene rings is 1. The van der Waals surface area contributed by atoms with Gasteiger partial charge in [0.15, 0.2) is 5.82 Å². The Morgan fingerprint density at radius 1 is 1.13 bits per heavy atom. The van der Waals surface area contributed by atoms with E-state index in [0.717, 1.165) is 46.9 Å². The Morgan fingerprint density at radius 2 is 2.03 bits per heavy atom. The fourth-order valence-electron chi connectivity index (χ4n) is 3.76. The number of pyridine rings is 1. The number of fused-ring (bicyclic) bond motifs is 1. The van der Waals surface area contributed by atoms with Crippen LogP contribution < -0.4 is 16.0 Å². The average Bonchev–Trinajstić information content (AvgIpc) is 3.46. The van der Waals surface area contributed by atoms with Gasteiger partial charge in [-0.15, -0.1) is 11.3 Å². The molecule has 0 unspecified atom stereocenters. The molecule has 5 rings (SSSR count). The monoisotopic (exact) mass is 416 g/mol. The normalized spacial score (nSPS) is 17.2. The number of nitrogens with zero attached hydrogens (tertiary/aromatic N) is 3. The summed E-state index contributed by atoms with van der Waals surface area (Å²) in [5, 5.41) is 12.6. The number of aromatic nitrogens is 3. The van der Waals surface area contributed by atoms with Crippen LogP contribution in [0.5, 0.6) is 0 Å². The second-order valence-corrected chi connectivity index (χ2v) is 8.49. The molecule has 30 heavy (non-hydrogen) atoms. The second kappa shape index (κ2) is 8.38. The minimum Gasteiger partial charge on any atom is -0.365 e. The summed E-state index contributed by atoms with van der Waals surface area (Å²) < 4.78 is 1.11. The fraction of sp³-hybridized carbons (Fsp3) is 0.261. The zero-order valence-electron chi connectivity index (χ0n) is 16.8. The lowest BCUT2D eigenvalue weighted by molar-refractivity contribution is 0.789. The molecule has 152 valence electrons. The van der Waals surface area contributed by atoms with Gasteiger partial charge < -0.3 is 16.0 Å². The van der Waals surface area contributed by atoms with Crippen molar-refractivity contribution < 1.29 is 0 Å². The highest BCUT2D eigenvalue weighted by Crippen LogP contribution is 2.30. The first kappa shape index (κ1) is 19.0. The van der Waals surface area contributed by atoms with Crippen LogP contribution in [0.15, 0.2) is 60.1 Å². The molecule has 1 aliphatic heterocycles. The Labute approximate surface area is 179 Å². The Balaban J connectivity index is 1.44. The predicted octanol–water partition coefficient (Wildman–Crippen LogP) is 4.70. The van der Waals surface area contributed by atoms with Crippen LogP contribution in [-0.4, -0.2) is 34.1 Å². The van der Waals surface area contributed by atoms with Gasteiger partial charge in [-0.1, -0.05) is 30.3 Å². The van der Waals surface area contributed by atoms with Crippen LogP contribution in [0.2, 0.25) is 0 Å². The van der Waals surface area contributed by atoms with Gasteiger partial charge in [0, 0.05) is 30.4 Å². The molecule has 0 spiro atoms. The molecule has 1 saturated heterocycles. The standard InChI is InChI=1S/C23H24N6S/c1-15(16-5-3-2-4-6-16)26-20-13-17(7-11-25-20)22-28-19-9-12-30-21(19)23(29-22)27-18-8-10-24-14-18/h2-7,9,11-13,15,18,24H,8,10,14H2,1H3,(H,25,26)(H,27,28,29)/t15-,18+/m0/s1. The van der Waals surface area contributed by atoms with Crippen molar-refractivity contribution in [2.45, 2.75) is 25.4 Å². The molecule has 1 aromatic carbocycles. The molecule has 7 heteroatoms. The summed E-state index contributed by atoms with van der Waals surface area (Å²) in [5.41, 5.74) is 3.15.